The lowest BCUT2D eigenvalue weighted by atomic mass is 9.78. The fourth-order valence-corrected chi connectivity index (χ4v) is 7.26. The zero-order valence-electron chi connectivity index (χ0n) is 32.8. The van der Waals surface area contributed by atoms with Crippen molar-refractivity contribution in [1.29, 1.82) is 0 Å². The highest BCUT2D eigenvalue weighted by Crippen LogP contribution is 2.55. The Labute approximate surface area is 315 Å². The van der Waals surface area contributed by atoms with Crippen molar-refractivity contribution in [3.05, 3.63) is 52.8 Å². The Balaban J connectivity index is 1.96. The van der Waals surface area contributed by atoms with Crippen LogP contribution in [0.4, 0.5) is 5.69 Å². The Bertz CT molecular complexity index is 1880. The minimum atomic E-state index is -2.01. The Morgan fingerprint density at radius 1 is 0.944 bits per heavy atom. The minimum Gasteiger partial charge on any atom is -0.507 e. The average molecular weight is 755 g/mol. The molecule has 2 aromatic carbocycles. The van der Waals surface area contributed by atoms with Crippen LogP contribution in [0.2, 0.25) is 0 Å². The number of aromatic hydroxyl groups is 3. The summed E-state index contributed by atoms with van der Waals surface area (Å²) in [6.45, 7) is 12.6. The standard InChI is InChI=1S/C40H54N2O12/c1-18-13-12-14-19(2)39(50)41-30-25(17-42(9)10)34(47)27-28(35(30)48)33(46)23(6)37-29(27)38(49)40(8,54-37)52-16-15-26(51-11)20(3)36(53-24(7)43)22(5)32(45)21(4)31(18)44/h12-16,18,20-22,26,31-32,36,44-48H,17H2,1-11H3,(H,41,50)/b13-12+,16-15-,19-14?. The molecule has 14 nitrogen and oxygen atoms in total. The van der Waals surface area contributed by atoms with Gasteiger partial charge in [-0.2, -0.15) is 0 Å². The van der Waals surface area contributed by atoms with Gasteiger partial charge in [0, 0.05) is 73.3 Å². The van der Waals surface area contributed by atoms with Crippen LogP contribution in [-0.2, 0) is 30.3 Å². The highest BCUT2D eigenvalue weighted by molar-refractivity contribution is 6.22. The van der Waals surface area contributed by atoms with Crippen LogP contribution in [0.25, 0.3) is 10.8 Å². The lowest BCUT2D eigenvalue weighted by molar-refractivity contribution is -0.160. The fraction of sp³-hybridized carbons (Fsp3) is 0.525. The van der Waals surface area contributed by atoms with E-state index >= 15 is 0 Å². The number of phenols is 3. The molecule has 0 fully saturated rings. The number of anilines is 1. The number of hydrogen-bond acceptors (Lipinski definition) is 13. The van der Waals surface area contributed by atoms with E-state index in [1.54, 1.807) is 58.8 Å². The molecular formula is C40H54N2O12. The van der Waals surface area contributed by atoms with Crippen molar-refractivity contribution in [3.8, 4) is 23.0 Å². The molecule has 3 aliphatic heterocycles. The molecule has 3 heterocycles. The van der Waals surface area contributed by atoms with E-state index in [1.807, 2.05) is 0 Å². The first-order valence-electron chi connectivity index (χ1n) is 17.9. The number of ether oxygens (including phenoxy) is 4. The molecule has 0 saturated heterocycles. The fourth-order valence-electron chi connectivity index (χ4n) is 7.26. The van der Waals surface area contributed by atoms with Gasteiger partial charge in [-0.05, 0) is 34.0 Å². The highest BCUT2D eigenvalue weighted by Gasteiger charge is 2.50. The molecular weight excluding hydrogens is 700 g/mol. The number of Topliss-reactive ketones (excluding diaryl/α,β-unsaturated/α-hetero) is 1. The summed E-state index contributed by atoms with van der Waals surface area (Å²) in [7, 11) is 4.86. The number of esters is 1. The number of ketones is 1. The van der Waals surface area contributed by atoms with Gasteiger partial charge in [0.1, 0.15) is 23.4 Å². The molecule has 54 heavy (non-hydrogen) atoms. The number of aliphatic hydroxyl groups excluding tert-OH is 2. The molecule has 3 aliphatic rings. The van der Waals surface area contributed by atoms with Crippen LogP contribution < -0.4 is 10.1 Å². The number of allylic oxidation sites excluding steroid dienone is 2. The zero-order valence-corrected chi connectivity index (χ0v) is 32.8. The van der Waals surface area contributed by atoms with Gasteiger partial charge in [0.2, 0.25) is 0 Å². The Kier molecular flexibility index (Phi) is 12.8. The van der Waals surface area contributed by atoms with Crippen molar-refractivity contribution >= 4 is 34.1 Å². The molecule has 6 N–H and O–H groups in total. The lowest BCUT2D eigenvalue weighted by Crippen LogP contribution is -2.46. The molecule has 0 saturated carbocycles. The monoisotopic (exact) mass is 754 g/mol. The van der Waals surface area contributed by atoms with Gasteiger partial charge >= 0.3 is 11.8 Å². The van der Waals surface area contributed by atoms with Gasteiger partial charge in [-0.3, -0.25) is 14.4 Å². The first-order chi connectivity index (χ1) is 25.2. The number of aliphatic hydroxyl groups is 2. The van der Waals surface area contributed by atoms with Crippen molar-refractivity contribution in [2.45, 2.75) is 92.1 Å². The number of nitrogens with one attached hydrogen (secondary N) is 1. The quantitative estimate of drug-likeness (QED) is 0.141. The van der Waals surface area contributed by atoms with Gasteiger partial charge < -0.3 is 54.7 Å². The lowest BCUT2D eigenvalue weighted by Gasteiger charge is -2.38. The van der Waals surface area contributed by atoms with Gasteiger partial charge in [0.15, 0.2) is 5.75 Å². The second kappa shape index (κ2) is 16.4. The number of methoxy groups -OCH3 is 1. The van der Waals surface area contributed by atoms with E-state index in [0.717, 1.165) is 0 Å². The topological polar surface area (TPSA) is 205 Å². The average Bonchev–Trinajstić information content (AvgIpc) is 3.38. The number of rotatable bonds is 4. The van der Waals surface area contributed by atoms with Crippen molar-refractivity contribution in [1.82, 2.24) is 4.90 Å². The maximum Gasteiger partial charge on any atom is 0.312 e. The summed E-state index contributed by atoms with van der Waals surface area (Å²) in [5.41, 5.74) is 0.0370. The van der Waals surface area contributed by atoms with Gasteiger partial charge in [0.25, 0.3) is 11.7 Å². The Morgan fingerprint density at radius 3 is 2.19 bits per heavy atom. The Hall–Kier alpha value is -4.63. The normalized spacial score (nSPS) is 30.8. The number of carbonyl (C=O) groups excluding carboxylic acids is 3. The first kappa shape index (κ1) is 42.1. The van der Waals surface area contributed by atoms with Gasteiger partial charge in [-0.1, -0.05) is 45.9 Å². The van der Waals surface area contributed by atoms with Crippen molar-refractivity contribution in [3.63, 3.8) is 0 Å². The molecule has 296 valence electrons. The third-order valence-corrected chi connectivity index (χ3v) is 10.6. The predicted octanol–water partition coefficient (Wildman–Crippen LogP) is 4.82. The summed E-state index contributed by atoms with van der Waals surface area (Å²) >= 11 is 0. The summed E-state index contributed by atoms with van der Waals surface area (Å²) in [6.07, 6.45) is 3.65. The number of nitrogens with zero attached hydrogens (tertiary/aromatic N) is 1. The summed E-state index contributed by atoms with van der Waals surface area (Å²) in [5.74, 6) is -7.98. The van der Waals surface area contributed by atoms with Crippen molar-refractivity contribution < 1.29 is 58.9 Å². The van der Waals surface area contributed by atoms with E-state index < -0.39 is 88.8 Å². The molecule has 0 spiro atoms. The number of fused-ring (bicyclic) bond motifs is 14. The van der Waals surface area contributed by atoms with E-state index in [0.29, 0.717) is 0 Å². The predicted molar refractivity (Wildman–Crippen MR) is 201 cm³/mol. The van der Waals surface area contributed by atoms with Crippen LogP contribution >= 0.6 is 0 Å². The number of phenolic OH excluding ortho intramolecular Hbond substituents is 3. The van der Waals surface area contributed by atoms with Crippen LogP contribution in [0.15, 0.2) is 36.1 Å². The summed E-state index contributed by atoms with van der Waals surface area (Å²) in [6, 6.07) is 0. The molecule has 5 rings (SSSR count). The van der Waals surface area contributed by atoms with Gasteiger partial charge in [-0.15, -0.1) is 0 Å². The first-order valence-corrected chi connectivity index (χ1v) is 17.9. The Morgan fingerprint density at radius 2 is 1.59 bits per heavy atom. The van der Waals surface area contributed by atoms with Crippen LogP contribution in [0.1, 0.15) is 70.0 Å². The third kappa shape index (κ3) is 7.92. The molecule has 1 amide bonds. The second-order valence-electron chi connectivity index (χ2n) is 14.9. The van der Waals surface area contributed by atoms with Crippen LogP contribution in [-0.4, -0.2) is 99.5 Å². The molecule has 9 atom stereocenters. The molecule has 0 aromatic heterocycles. The van der Waals surface area contributed by atoms with Crippen LogP contribution in [0.5, 0.6) is 23.0 Å². The highest BCUT2D eigenvalue weighted by atomic mass is 16.7. The summed E-state index contributed by atoms with van der Waals surface area (Å²) < 4.78 is 23.5. The van der Waals surface area contributed by atoms with E-state index in [1.165, 1.54) is 53.2 Å². The van der Waals surface area contributed by atoms with Crippen molar-refractivity contribution in [2.24, 2.45) is 23.7 Å². The zero-order chi connectivity index (χ0) is 40.6. The number of amides is 1. The molecule has 2 aromatic rings. The number of carbonyl (C=O) groups is 3. The second-order valence-corrected chi connectivity index (χ2v) is 14.9. The summed E-state index contributed by atoms with van der Waals surface area (Å²) in [4.78, 5) is 41.7. The van der Waals surface area contributed by atoms with Crippen molar-refractivity contribution in [2.75, 3.05) is 26.5 Å². The minimum absolute atomic E-state index is 0.00552. The maximum absolute atomic E-state index is 14.2. The van der Waals surface area contributed by atoms with E-state index in [4.69, 9.17) is 18.9 Å². The molecule has 0 radical (unpaired) electrons. The van der Waals surface area contributed by atoms with E-state index in [9.17, 15) is 39.9 Å². The summed E-state index contributed by atoms with van der Waals surface area (Å²) in [5, 5.41) is 59.9. The molecule has 14 heteroatoms. The molecule has 5 bridgehead atoms. The largest absolute Gasteiger partial charge is 0.507 e. The maximum atomic E-state index is 14.2. The van der Waals surface area contributed by atoms with Gasteiger partial charge in [0.05, 0.1) is 41.2 Å². The number of hydrogen-bond donors (Lipinski definition) is 6. The van der Waals surface area contributed by atoms with Crippen LogP contribution in [0.3, 0.4) is 0 Å². The SMILES string of the molecule is COC1/C=C\OC2(C)Oc3c(C)c(O)c4c(O)c(c(CN(C)C)c(O)c4c3C2=O)NC(=O)C(C)=C/C=C/C(C)C(O)C(C)C(O)C(C)C(OC(C)=O)C1C. The van der Waals surface area contributed by atoms with Crippen LogP contribution in [0, 0.1) is 30.6 Å². The third-order valence-electron chi connectivity index (χ3n) is 10.6. The van der Waals surface area contributed by atoms with E-state index in [2.05, 4.69) is 5.32 Å². The van der Waals surface area contributed by atoms with Gasteiger partial charge in [-0.25, -0.2) is 0 Å². The number of benzene rings is 2. The molecule has 9 unspecified atom stereocenters. The smallest absolute Gasteiger partial charge is 0.312 e. The molecule has 0 aliphatic carbocycles. The van der Waals surface area contributed by atoms with E-state index in [-0.39, 0.29) is 51.0 Å².